The minimum Gasteiger partial charge on any atom is -0.434 e. The van der Waals surface area contributed by atoms with E-state index in [9.17, 15) is 18.4 Å². The summed E-state index contributed by atoms with van der Waals surface area (Å²) in [4.78, 5) is 37.8. The lowest BCUT2D eigenvalue weighted by atomic mass is 10.1. The van der Waals surface area contributed by atoms with Gasteiger partial charge in [-0.2, -0.15) is 8.78 Å². The molecule has 2 aromatic heterocycles. The average Bonchev–Trinajstić information content (AvgIpc) is 3.41. The number of piperazine rings is 1. The van der Waals surface area contributed by atoms with Crippen LogP contribution in [0.1, 0.15) is 5.56 Å². The highest BCUT2D eigenvalue weighted by atomic mass is 19.3. The van der Waals surface area contributed by atoms with Gasteiger partial charge in [0.1, 0.15) is 5.75 Å². The van der Waals surface area contributed by atoms with Crippen molar-refractivity contribution in [3.05, 3.63) is 70.8 Å². The number of carbonyl (C=O) groups excluding carboxylic acids is 1. The number of amides is 2. The number of fused-ring (bicyclic) bond motifs is 2. The van der Waals surface area contributed by atoms with Gasteiger partial charge in [0, 0.05) is 56.7 Å². The lowest BCUT2D eigenvalue weighted by molar-refractivity contribution is -0.0505. The molecule has 0 radical (unpaired) electrons. The summed E-state index contributed by atoms with van der Waals surface area (Å²) in [7, 11) is 1.64. The monoisotopic (exact) mass is 521 g/mol. The number of carbonyl (C=O) groups is 1. The Morgan fingerprint density at radius 2 is 1.87 bits per heavy atom. The number of hydrogen-bond donors (Lipinski definition) is 1. The van der Waals surface area contributed by atoms with E-state index in [4.69, 9.17) is 0 Å². The fourth-order valence-electron chi connectivity index (χ4n) is 5.17. The second kappa shape index (κ2) is 9.43. The van der Waals surface area contributed by atoms with Crippen LogP contribution in [0.15, 0.2) is 59.7 Å². The maximum absolute atomic E-state index is 12.9. The molecule has 0 aliphatic carbocycles. The van der Waals surface area contributed by atoms with Crippen LogP contribution in [0.2, 0.25) is 0 Å². The van der Waals surface area contributed by atoms with Crippen molar-refractivity contribution in [3.8, 4) is 16.9 Å². The first-order chi connectivity index (χ1) is 18.4. The number of nitrogens with one attached hydrogen (secondary N) is 1. The SMILES string of the molecule is Cn1c(=O)c2ccc(-c3cnc(N4CCN5C(=O)NCC5C4)nc3)cc2n1Cc1ccccc1OC(F)F. The summed E-state index contributed by atoms with van der Waals surface area (Å²) in [6.45, 7) is -0.224. The molecule has 2 aliphatic heterocycles. The predicted molar refractivity (Wildman–Crippen MR) is 136 cm³/mol. The van der Waals surface area contributed by atoms with Gasteiger partial charge in [-0.15, -0.1) is 0 Å². The number of nitrogens with zero attached hydrogens (tertiary/aromatic N) is 6. The quantitative estimate of drug-likeness (QED) is 0.419. The molecule has 0 spiro atoms. The molecule has 2 fully saturated rings. The fraction of sp³-hybridized carbons (Fsp3) is 0.308. The lowest BCUT2D eigenvalue weighted by Gasteiger charge is -2.36. The number of anilines is 1. The molecule has 2 aliphatic rings. The zero-order valence-electron chi connectivity index (χ0n) is 20.6. The number of ether oxygens (including phenoxy) is 1. The number of halogens is 2. The van der Waals surface area contributed by atoms with Gasteiger partial charge in [-0.1, -0.05) is 24.3 Å². The maximum Gasteiger partial charge on any atom is 0.387 e. The van der Waals surface area contributed by atoms with Crippen LogP contribution < -0.4 is 20.5 Å². The molecular formula is C26H25F2N7O3. The van der Waals surface area contributed by atoms with Crippen molar-refractivity contribution in [2.45, 2.75) is 19.2 Å². The van der Waals surface area contributed by atoms with Crippen LogP contribution in [0.3, 0.4) is 0 Å². The molecule has 2 saturated heterocycles. The van der Waals surface area contributed by atoms with Gasteiger partial charge in [0.25, 0.3) is 5.56 Å². The molecule has 2 amide bonds. The summed E-state index contributed by atoms with van der Waals surface area (Å²) in [5.74, 6) is 0.664. The van der Waals surface area contributed by atoms with Crippen LogP contribution in [0, 0.1) is 0 Å². The summed E-state index contributed by atoms with van der Waals surface area (Å²) in [6, 6.07) is 12.1. The maximum atomic E-state index is 12.9. The van der Waals surface area contributed by atoms with Crippen molar-refractivity contribution in [1.29, 1.82) is 0 Å². The van der Waals surface area contributed by atoms with Crippen molar-refractivity contribution >= 4 is 22.9 Å². The largest absolute Gasteiger partial charge is 0.434 e. The second-order valence-electron chi connectivity index (χ2n) is 9.36. The molecule has 12 heteroatoms. The van der Waals surface area contributed by atoms with Gasteiger partial charge in [-0.25, -0.2) is 14.8 Å². The molecule has 0 saturated carbocycles. The Morgan fingerprint density at radius 1 is 1.08 bits per heavy atom. The van der Waals surface area contributed by atoms with E-state index in [2.05, 4.69) is 24.9 Å². The number of para-hydroxylation sites is 1. The smallest absolute Gasteiger partial charge is 0.387 e. The van der Waals surface area contributed by atoms with Crippen LogP contribution in [0.25, 0.3) is 22.0 Å². The zero-order chi connectivity index (χ0) is 26.4. The molecule has 10 nitrogen and oxygen atoms in total. The van der Waals surface area contributed by atoms with Gasteiger partial charge in [-0.05, 0) is 23.8 Å². The lowest BCUT2D eigenvalue weighted by Crippen LogP contribution is -2.52. The fourth-order valence-corrected chi connectivity index (χ4v) is 5.17. The van der Waals surface area contributed by atoms with Gasteiger partial charge in [0.2, 0.25) is 5.95 Å². The summed E-state index contributed by atoms with van der Waals surface area (Å²) in [6.07, 6.45) is 3.48. The number of benzene rings is 2. The van der Waals surface area contributed by atoms with Crippen LogP contribution in [-0.4, -0.2) is 69.1 Å². The summed E-state index contributed by atoms with van der Waals surface area (Å²) >= 11 is 0. The molecule has 196 valence electrons. The van der Waals surface area contributed by atoms with E-state index in [0.717, 1.165) is 11.1 Å². The van der Waals surface area contributed by atoms with E-state index in [1.807, 2.05) is 17.0 Å². The molecular weight excluding hydrogens is 496 g/mol. The molecule has 4 aromatic rings. The van der Waals surface area contributed by atoms with Crippen molar-refractivity contribution in [2.75, 3.05) is 31.1 Å². The molecule has 1 atom stereocenters. The first kappa shape index (κ1) is 23.9. The van der Waals surface area contributed by atoms with Crippen molar-refractivity contribution in [2.24, 2.45) is 7.05 Å². The Kier molecular flexibility index (Phi) is 5.93. The first-order valence-electron chi connectivity index (χ1n) is 12.2. The minimum absolute atomic E-state index is 0.0225. The Labute approximate surface area is 216 Å². The molecule has 1 unspecified atom stereocenters. The van der Waals surface area contributed by atoms with E-state index in [1.165, 1.54) is 10.7 Å². The molecule has 1 N–H and O–H groups in total. The molecule has 6 rings (SSSR count). The van der Waals surface area contributed by atoms with Gasteiger partial charge in [-0.3, -0.25) is 14.2 Å². The van der Waals surface area contributed by atoms with E-state index in [-0.39, 0.29) is 29.9 Å². The summed E-state index contributed by atoms with van der Waals surface area (Å²) < 4.78 is 33.7. The number of hydrogen-bond acceptors (Lipinski definition) is 6. The normalized spacial score (nSPS) is 17.3. The molecule has 0 bridgehead atoms. The topological polar surface area (TPSA) is 97.5 Å². The zero-order valence-corrected chi connectivity index (χ0v) is 20.6. The van der Waals surface area contributed by atoms with Gasteiger partial charge >= 0.3 is 12.6 Å². The highest BCUT2D eigenvalue weighted by molar-refractivity contribution is 5.84. The van der Waals surface area contributed by atoms with Crippen molar-refractivity contribution in [1.82, 2.24) is 29.5 Å². The van der Waals surface area contributed by atoms with Crippen LogP contribution in [-0.2, 0) is 13.6 Å². The predicted octanol–water partition coefficient (Wildman–Crippen LogP) is 2.66. The first-order valence-corrected chi connectivity index (χ1v) is 12.2. The van der Waals surface area contributed by atoms with E-state index in [0.29, 0.717) is 48.6 Å². The Bertz CT molecular complexity index is 1570. The van der Waals surface area contributed by atoms with Crippen molar-refractivity contribution in [3.63, 3.8) is 0 Å². The molecule has 38 heavy (non-hydrogen) atoms. The van der Waals surface area contributed by atoms with E-state index in [1.54, 1.807) is 48.4 Å². The highest BCUT2D eigenvalue weighted by Gasteiger charge is 2.36. The third-order valence-electron chi connectivity index (χ3n) is 7.16. The Hall–Kier alpha value is -4.48. The van der Waals surface area contributed by atoms with Crippen LogP contribution in [0.5, 0.6) is 5.75 Å². The van der Waals surface area contributed by atoms with E-state index >= 15 is 0 Å². The summed E-state index contributed by atoms with van der Waals surface area (Å²) in [5, 5.41) is 3.38. The van der Waals surface area contributed by atoms with Crippen molar-refractivity contribution < 1.29 is 18.3 Å². The molecule has 2 aromatic carbocycles. The summed E-state index contributed by atoms with van der Waals surface area (Å²) in [5.41, 5.74) is 2.58. The Balaban J connectivity index is 1.29. The van der Waals surface area contributed by atoms with E-state index < -0.39 is 6.61 Å². The van der Waals surface area contributed by atoms with Crippen LogP contribution >= 0.6 is 0 Å². The molecule has 4 heterocycles. The van der Waals surface area contributed by atoms with Gasteiger partial charge in [0.15, 0.2) is 0 Å². The third-order valence-corrected chi connectivity index (χ3v) is 7.16. The number of alkyl halides is 2. The van der Waals surface area contributed by atoms with Gasteiger partial charge in [0.05, 0.1) is 23.5 Å². The number of aromatic nitrogens is 4. The number of rotatable bonds is 6. The van der Waals surface area contributed by atoms with Gasteiger partial charge < -0.3 is 19.9 Å². The minimum atomic E-state index is -2.95. The van der Waals surface area contributed by atoms with Crippen LogP contribution in [0.4, 0.5) is 19.5 Å². The highest BCUT2D eigenvalue weighted by Crippen LogP contribution is 2.27. The Morgan fingerprint density at radius 3 is 2.66 bits per heavy atom. The number of urea groups is 1. The second-order valence-corrected chi connectivity index (χ2v) is 9.36. The third kappa shape index (κ3) is 4.21. The average molecular weight is 522 g/mol. The standard InChI is InChI=1S/C26H25F2N7O3/c1-32-23(36)20-7-6-16(10-21(20)35(32)14-17-4-2-3-5-22(17)38-24(27)28)18-11-29-25(30-12-18)33-8-9-34-19(15-33)13-31-26(34)37/h2-7,10-12,19,24H,8-9,13-15H2,1H3,(H,31,37).